The monoisotopic (exact) mass is 842 g/mol. The Morgan fingerprint density at radius 2 is 1.65 bits per heavy atom. The van der Waals surface area contributed by atoms with Gasteiger partial charge in [0.05, 0.1) is 38.2 Å². The van der Waals surface area contributed by atoms with Crippen molar-refractivity contribution in [3.05, 3.63) is 82.2 Å². The molecule has 2 unspecified atom stereocenters. The van der Waals surface area contributed by atoms with Crippen LogP contribution in [-0.2, 0) is 23.8 Å². The molecule has 4 atom stereocenters. The van der Waals surface area contributed by atoms with Crippen molar-refractivity contribution in [2.24, 2.45) is 5.92 Å². The molecule has 4 aromatic rings. The van der Waals surface area contributed by atoms with Crippen LogP contribution in [0.5, 0.6) is 5.75 Å². The number of likely N-dealkylation sites (tertiary alicyclic amines) is 1. The number of aliphatic hydroxyl groups excluding tert-OH is 1. The van der Waals surface area contributed by atoms with Crippen LogP contribution in [-0.4, -0.2) is 102 Å². The van der Waals surface area contributed by atoms with E-state index in [1.165, 1.54) is 4.90 Å². The number of hydrogen-bond donors (Lipinski definition) is 2. The molecule has 1 aliphatic heterocycles. The van der Waals surface area contributed by atoms with Crippen LogP contribution in [0.1, 0.15) is 101 Å². The van der Waals surface area contributed by atoms with Gasteiger partial charge < -0.3 is 34.3 Å². The van der Waals surface area contributed by atoms with Crippen LogP contribution < -0.4 is 10.1 Å². The highest BCUT2D eigenvalue weighted by atomic mass is 32.1. The van der Waals surface area contributed by atoms with E-state index in [2.05, 4.69) is 16.8 Å². The zero-order chi connectivity index (χ0) is 42.8. The third-order valence-corrected chi connectivity index (χ3v) is 12.4. The first-order valence-corrected chi connectivity index (χ1v) is 22.3. The molecule has 324 valence electrons. The average molecular weight is 843 g/mol. The summed E-state index contributed by atoms with van der Waals surface area (Å²) in [7, 11) is 1.55. The molecular weight excluding hydrogens is 781 g/mol. The summed E-state index contributed by atoms with van der Waals surface area (Å²) in [6.45, 7) is 11.0. The molecule has 0 bridgehead atoms. The number of thiazole rings is 1. The average Bonchev–Trinajstić information content (AvgIpc) is 3.94. The number of amides is 3. The van der Waals surface area contributed by atoms with E-state index in [0.29, 0.717) is 33.0 Å². The van der Waals surface area contributed by atoms with Gasteiger partial charge in [0.2, 0.25) is 11.8 Å². The molecule has 0 spiro atoms. The minimum Gasteiger partial charge on any atom is -0.491 e. The normalized spacial score (nSPS) is 17.6. The first-order chi connectivity index (χ1) is 28.8. The number of ether oxygens (including phenoxy) is 4. The molecule has 1 aromatic heterocycles. The van der Waals surface area contributed by atoms with Gasteiger partial charge in [-0.3, -0.25) is 14.5 Å². The van der Waals surface area contributed by atoms with Crippen molar-refractivity contribution in [3.63, 3.8) is 0 Å². The van der Waals surface area contributed by atoms with E-state index in [1.807, 2.05) is 66.4 Å². The molecule has 1 saturated carbocycles. The van der Waals surface area contributed by atoms with E-state index >= 15 is 0 Å². The van der Waals surface area contributed by atoms with Crippen molar-refractivity contribution in [3.8, 4) is 17.0 Å². The van der Waals surface area contributed by atoms with Gasteiger partial charge in [0.15, 0.2) is 0 Å². The summed E-state index contributed by atoms with van der Waals surface area (Å²) in [5, 5.41) is 17.8. The molecule has 2 aliphatic rings. The van der Waals surface area contributed by atoms with Gasteiger partial charge in [-0.15, -0.1) is 11.3 Å². The van der Waals surface area contributed by atoms with E-state index in [4.69, 9.17) is 23.9 Å². The van der Waals surface area contributed by atoms with Crippen LogP contribution in [0.4, 0.5) is 4.79 Å². The molecular formula is C47H62N4O8S. The number of carbonyl (C=O) groups excluding carboxylic acids is 3. The highest BCUT2D eigenvalue weighted by Crippen LogP contribution is 2.40. The molecule has 13 heteroatoms. The van der Waals surface area contributed by atoms with Gasteiger partial charge in [-0.05, 0) is 89.3 Å². The van der Waals surface area contributed by atoms with Crippen LogP contribution in [0, 0.1) is 12.8 Å². The van der Waals surface area contributed by atoms with Crippen molar-refractivity contribution >= 4 is 40.0 Å². The van der Waals surface area contributed by atoms with Crippen molar-refractivity contribution in [1.29, 1.82) is 0 Å². The molecule has 1 saturated heterocycles. The first kappa shape index (κ1) is 45.0. The number of aliphatic hydroxyl groups is 1. The summed E-state index contributed by atoms with van der Waals surface area (Å²) in [6, 6.07) is 18.4. The standard InChI is InChI=1S/C47H62N4O8S/c1-31-18-20-33(21-19-31)41(29-52)58-28-26-56-25-27-57-40-23-22-36(35-15-10-11-16-37(35)40)38-30-60-44(48-38)39-17-12-24-51(39)45(54)42(34-13-8-7-9-14-34)49-43(53)32(2)50(6)46(55)59-47(3,4)5/h10-11,15-16,18-23,30,32,34,39,41-42,52H,7-9,12-14,17,24-29H2,1-6H3,(H,49,53)/t32-,39?,41?,42-/m0/s1. The van der Waals surface area contributed by atoms with E-state index < -0.39 is 29.9 Å². The molecule has 12 nitrogen and oxygen atoms in total. The minimum absolute atomic E-state index is 0.0176. The summed E-state index contributed by atoms with van der Waals surface area (Å²) in [6.07, 6.45) is 5.53. The van der Waals surface area contributed by atoms with Crippen LogP contribution in [0.25, 0.3) is 22.0 Å². The van der Waals surface area contributed by atoms with Gasteiger partial charge in [-0.25, -0.2) is 9.78 Å². The Kier molecular flexibility index (Phi) is 15.6. The highest BCUT2D eigenvalue weighted by molar-refractivity contribution is 7.10. The number of nitrogens with zero attached hydrogens (tertiary/aromatic N) is 3. The lowest BCUT2D eigenvalue weighted by molar-refractivity contribution is -0.140. The fourth-order valence-corrected chi connectivity index (χ4v) is 9.00. The fraction of sp³-hybridized carbons (Fsp3) is 0.532. The lowest BCUT2D eigenvalue weighted by atomic mass is 9.83. The molecule has 60 heavy (non-hydrogen) atoms. The molecule has 6 rings (SSSR count). The molecule has 1 aliphatic carbocycles. The van der Waals surface area contributed by atoms with Gasteiger partial charge in [0.1, 0.15) is 41.2 Å². The second-order valence-electron chi connectivity index (χ2n) is 17.0. The molecule has 2 heterocycles. The van der Waals surface area contributed by atoms with Gasteiger partial charge in [0, 0.05) is 29.9 Å². The van der Waals surface area contributed by atoms with Crippen molar-refractivity contribution in [1.82, 2.24) is 20.1 Å². The Morgan fingerprint density at radius 3 is 2.37 bits per heavy atom. The first-order valence-electron chi connectivity index (χ1n) is 21.4. The number of hydrogen-bond acceptors (Lipinski definition) is 10. The summed E-state index contributed by atoms with van der Waals surface area (Å²) < 4.78 is 23.4. The number of carbonyl (C=O) groups is 3. The largest absolute Gasteiger partial charge is 0.491 e. The summed E-state index contributed by atoms with van der Waals surface area (Å²) in [5.41, 5.74) is 3.21. The number of fused-ring (bicyclic) bond motifs is 1. The number of aromatic nitrogens is 1. The van der Waals surface area contributed by atoms with Gasteiger partial charge >= 0.3 is 6.09 Å². The summed E-state index contributed by atoms with van der Waals surface area (Å²) in [4.78, 5) is 49.4. The summed E-state index contributed by atoms with van der Waals surface area (Å²) in [5.74, 6) is 0.313. The molecule has 0 radical (unpaired) electrons. The third kappa shape index (κ3) is 11.4. The lowest BCUT2D eigenvalue weighted by Gasteiger charge is -2.36. The Morgan fingerprint density at radius 1 is 0.933 bits per heavy atom. The Labute approximate surface area is 358 Å². The van der Waals surface area contributed by atoms with Crippen molar-refractivity contribution in [2.45, 2.75) is 109 Å². The Balaban J connectivity index is 1.09. The lowest BCUT2D eigenvalue weighted by Crippen LogP contribution is -2.56. The van der Waals surface area contributed by atoms with E-state index in [9.17, 15) is 19.5 Å². The predicted molar refractivity (Wildman–Crippen MR) is 234 cm³/mol. The fourth-order valence-electron chi connectivity index (χ4n) is 8.04. The zero-order valence-electron chi connectivity index (χ0n) is 36.0. The second-order valence-corrected chi connectivity index (χ2v) is 17.9. The Bertz CT molecular complexity index is 2040. The minimum atomic E-state index is -0.823. The van der Waals surface area contributed by atoms with Crippen LogP contribution >= 0.6 is 11.3 Å². The maximum absolute atomic E-state index is 14.6. The van der Waals surface area contributed by atoms with E-state index in [-0.39, 0.29) is 30.4 Å². The number of nitrogens with one attached hydrogen (secondary N) is 1. The SMILES string of the molecule is Cc1ccc(C(CO)OCCOCCOc2ccc(-c3csc(C4CCCN4C(=O)[C@@H](NC(=O)[C@H](C)N(C)C(=O)OC(C)(C)C)C4CCCCC4)n3)c3ccccc23)cc1. The van der Waals surface area contributed by atoms with Crippen molar-refractivity contribution < 1.29 is 38.4 Å². The number of benzene rings is 3. The quantitative estimate of drug-likeness (QED) is 0.100. The molecule has 3 amide bonds. The van der Waals surface area contributed by atoms with Crippen LogP contribution in [0.3, 0.4) is 0 Å². The van der Waals surface area contributed by atoms with E-state index in [0.717, 1.165) is 88.9 Å². The van der Waals surface area contributed by atoms with E-state index in [1.54, 1.807) is 46.1 Å². The maximum Gasteiger partial charge on any atom is 0.410 e. The van der Waals surface area contributed by atoms with Gasteiger partial charge in [-0.2, -0.15) is 0 Å². The second kappa shape index (κ2) is 20.8. The van der Waals surface area contributed by atoms with Crippen LogP contribution in [0.2, 0.25) is 0 Å². The maximum atomic E-state index is 14.6. The summed E-state index contributed by atoms with van der Waals surface area (Å²) >= 11 is 1.56. The predicted octanol–water partition coefficient (Wildman–Crippen LogP) is 8.40. The number of rotatable bonds is 17. The zero-order valence-corrected chi connectivity index (χ0v) is 36.8. The smallest absolute Gasteiger partial charge is 0.410 e. The number of likely N-dealkylation sites (N-methyl/N-ethyl adjacent to an activating group) is 1. The Hall–Kier alpha value is -4.56. The van der Waals surface area contributed by atoms with Crippen LogP contribution in [0.15, 0.2) is 66.0 Å². The molecule has 3 aromatic carbocycles. The van der Waals surface area contributed by atoms with Gasteiger partial charge in [-0.1, -0.05) is 73.4 Å². The third-order valence-electron chi connectivity index (χ3n) is 11.5. The van der Waals surface area contributed by atoms with Crippen molar-refractivity contribution in [2.75, 3.05) is 46.6 Å². The topological polar surface area (TPSA) is 140 Å². The molecule has 2 fully saturated rings. The number of aryl methyl sites for hydroxylation is 1. The molecule has 2 N–H and O–H groups in total. The highest BCUT2D eigenvalue weighted by Gasteiger charge is 2.41. The van der Waals surface area contributed by atoms with Gasteiger partial charge in [0.25, 0.3) is 0 Å².